The van der Waals surface area contributed by atoms with Crippen LogP contribution in [0.15, 0.2) is 12.2 Å². The Morgan fingerprint density at radius 2 is 1.45 bits per heavy atom. The smallest absolute Gasteiger partial charge is 0.325 e. The maximum atomic E-state index is 14.3. The third-order valence-electron chi connectivity index (χ3n) is 15.8. The van der Waals surface area contributed by atoms with E-state index in [9.17, 15) is 24.3 Å². The summed E-state index contributed by atoms with van der Waals surface area (Å²) in [5, 5.41) is 12.4. The topological polar surface area (TPSA) is 119 Å². The molecule has 5 aliphatic rings. The first kappa shape index (κ1) is 39.8. The first-order valence-electron chi connectivity index (χ1n) is 19.9. The number of esters is 2. The van der Waals surface area contributed by atoms with Crippen molar-refractivity contribution in [2.24, 2.45) is 62.1 Å². The average Bonchev–Trinajstić information content (AvgIpc) is 3.37. The zero-order valence-corrected chi connectivity index (χ0v) is 33.8. The number of allylic oxidation sites excluding steroid dienone is 1. The SMILES string of the molecule is C=C(C)[C@@H]1CC[C@]2(C(=O)NCC(=O)OC(C)(C)C)CC[C@]3(C)[C@H](CC[C@@H]4[C@@]5(C)CC[C@H](OC(=O)CC(C)(C)CC(=O)O)C(C)(C)[C@@H]5CC[C@]43C)[C@@H]12. The molecule has 0 radical (unpaired) electrons. The van der Waals surface area contributed by atoms with Gasteiger partial charge in [-0.3, -0.25) is 19.2 Å². The van der Waals surface area contributed by atoms with Crippen molar-refractivity contribution in [2.45, 2.75) is 165 Å². The van der Waals surface area contributed by atoms with Gasteiger partial charge in [0.2, 0.25) is 5.91 Å². The second kappa shape index (κ2) is 13.2. The van der Waals surface area contributed by atoms with E-state index in [1.165, 1.54) is 5.57 Å². The number of amides is 1. The highest BCUT2D eigenvalue weighted by atomic mass is 16.6. The molecule has 2 N–H and O–H groups in total. The van der Waals surface area contributed by atoms with Crippen LogP contribution in [0.1, 0.15) is 153 Å². The van der Waals surface area contributed by atoms with E-state index in [0.717, 1.165) is 64.2 Å². The van der Waals surface area contributed by atoms with E-state index < -0.39 is 28.4 Å². The third-order valence-corrected chi connectivity index (χ3v) is 15.8. The Labute approximate surface area is 308 Å². The van der Waals surface area contributed by atoms with Gasteiger partial charge < -0.3 is 19.9 Å². The largest absolute Gasteiger partial charge is 0.481 e. The van der Waals surface area contributed by atoms with Crippen LogP contribution in [0.2, 0.25) is 0 Å². The molecular weight excluding hydrogens is 642 g/mol. The maximum Gasteiger partial charge on any atom is 0.325 e. The van der Waals surface area contributed by atoms with Gasteiger partial charge in [0.05, 0.1) is 18.3 Å². The first-order valence-corrected chi connectivity index (χ1v) is 19.9. The third kappa shape index (κ3) is 6.81. The lowest BCUT2D eigenvalue weighted by Crippen LogP contribution is -2.67. The second-order valence-electron chi connectivity index (χ2n) is 20.9. The number of carbonyl (C=O) groups is 4. The van der Waals surface area contributed by atoms with Crippen molar-refractivity contribution in [3.8, 4) is 0 Å². The molecule has 0 aromatic carbocycles. The van der Waals surface area contributed by atoms with Gasteiger partial charge in [-0.1, -0.05) is 60.6 Å². The molecule has 0 saturated heterocycles. The fourth-order valence-corrected chi connectivity index (χ4v) is 13.5. The van der Waals surface area contributed by atoms with Crippen molar-refractivity contribution in [2.75, 3.05) is 6.54 Å². The Morgan fingerprint density at radius 1 is 0.784 bits per heavy atom. The Kier molecular flexibility index (Phi) is 10.3. The fourth-order valence-electron chi connectivity index (χ4n) is 13.5. The van der Waals surface area contributed by atoms with Gasteiger partial charge in [0.1, 0.15) is 18.2 Å². The number of ether oxygens (including phenoxy) is 2. The molecule has 8 nitrogen and oxygen atoms in total. The number of carboxylic acids is 1. The number of fused-ring (bicyclic) bond motifs is 7. The molecule has 5 saturated carbocycles. The number of carboxylic acid groups (broad SMARTS) is 1. The lowest BCUT2D eigenvalue weighted by Gasteiger charge is -2.72. The zero-order valence-electron chi connectivity index (χ0n) is 33.8. The van der Waals surface area contributed by atoms with Gasteiger partial charge >= 0.3 is 17.9 Å². The molecule has 51 heavy (non-hydrogen) atoms. The summed E-state index contributed by atoms with van der Waals surface area (Å²) < 4.78 is 11.8. The highest BCUT2D eigenvalue weighted by Gasteiger charge is 2.72. The Morgan fingerprint density at radius 3 is 2.06 bits per heavy atom. The van der Waals surface area contributed by atoms with Gasteiger partial charge in [-0.25, -0.2) is 0 Å². The summed E-state index contributed by atoms with van der Waals surface area (Å²) >= 11 is 0. The summed E-state index contributed by atoms with van der Waals surface area (Å²) in [6.45, 7) is 27.9. The van der Waals surface area contributed by atoms with Gasteiger partial charge in [0.25, 0.3) is 0 Å². The number of nitrogens with one attached hydrogen (secondary N) is 1. The summed E-state index contributed by atoms with van der Waals surface area (Å²) in [7, 11) is 0. The Balaban J connectivity index is 1.38. The predicted octanol–water partition coefficient (Wildman–Crippen LogP) is 8.90. The standard InChI is InChI=1S/C43H69NO7/c1-26(2)27-15-20-43(36(49)44-25-34(48)51-37(3,4)5)22-21-41(11)28(35(27)43)13-14-30-40(10)18-17-31(39(8,9)29(40)16-19-42(30,41)12)50-33(47)24-38(6,7)23-32(45)46/h27-31,35H,1,13-25H2,2-12H3,(H,44,49)(H,45,46)/t27-,28+,29-,30+,31-,35+,40-,41+,42+,43-/m0/s1. The first-order chi connectivity index (χ1) is 23.3. The summed E-state index contributed by atoms with van der Waals surface area (Å²) in [5.41, 5.74) is -0.527. The number of rotatable bonds is 9. The van der Waals surface area contributed by atoms with Crippen LogP contribution >= 0.6 is 0 Å². The van der Waals surface area contributed by atoms with Crippen molar-refractivity contribution >= 4 is 23.8 Å². The van der Waals surface area contributed by atoms with E-state index >= 15 is 0 Å². The van der Waals surface area contributed by atoms with E-state index in [0.29, 0.717) is 23.7 Å². The van der Waals surface area contributed by atoms with Gasteiger partial charge in [-0.05, 0) is 143 Å². The van der Waals surface area contributed by atoms with Crippen LogP contribution in [-0.4, -0.2) is 47.2 Å². The Hall–Kier alpha value is -2.38. The van der Waals surface area contributed by atoms with E-state index in [1.807, 2.05) is 34.6 Å². The maximum absolute atomic E-state index is 14.3. The summed E-state index contributed by atoms with van der Waals surface area (Å²) in [6.07, 6.45) is 9.71. The van der Waals surface area contributed by atoms with E-state index in [-0.39, 0.29) is 64.9 Å². The molecule has 0 aromatic rings. The molecule has 0 heterocycles. The van der Waals surface area contributed by atoms with Crippen molar-refractivity contribution in [3.63, 3.8) is 0 Å². The zero-order chi connectivity index (χ0) is 38.2. The number of hydrogen-bond acceptors (Lipinski definition) is 6. The van der Waals surface area contributed by atoms with Gasteiger partial charge in [-0.2, -0.15) is 0 Å². The van der Waals surface area contributed by atoms with Crippen molar-refractivity contribution < 1.29 is 33.8 Å². The quantitative estimate of drug-likeness (QED) is 0.181. The highest BCUT2D eigenvalue weighted by Crippen LogP contribution is 2.77. The molecular formula is C43H69NO7. The normalized spacial score (nSPS) is 40.1. The average molecular weight is 712 g/mol. The van der Waals surface area contributed by atoms with Crippen LogP contribution < -0.4 is 5.32 Å². The summed E-state index contributed by atoms with van der Waals surface area (Å²) in [4.78, 5) is 51.5. The molecule has 0 unspecified atom stereocenters. The van der Waals surface area contributed by atoms with Crippen LogP contribution in [0.5, 0.6) is 0 Å². The molecule has 5 fully saturated rings. The lowest BCUT2D eigenvalue weighted by atomic mass is 9.32. The van der Waals surface area contributed by atoms with Gasteiger partial charge in [0, 0.05) is 5.41 Å². The van der Waals surface area contributed by atoms with Crippen molar-refractivity contribution in [3.05, 3.63) is 12.2 Å². The van der Waals surface area contributed by atoms with E-state index in [2.05, 4.69) is 53.4 Å². The molecule has 288 valence electrons. The molecule has 0 spiro atoms. The minimum Gasteiger partial charge on any atom is -0.481 e. The molecule has 10 atom stereocenters. The predicted molar refractivity (Wildman–Crippen MR) is 198 cm³/mol. The highest BCUT2D eigenvalue weighted by molar-refractivity contribution is 5.87. The van der Waals surface area contributed by atoms with Crippen LogP contribution in [0.3, 0.4) is 0 Å². The minimum atomic E-state index is -0.900. The van der Waals surface area contributed by atoms with Crippen LogP contribution in [0, 0.1) is 62.1 Å². The molecule has 0 bridgehead atoms. The number of hydrogen-bond donors (Lipinski definition) is 2. The van der Waals surface area contributed by atoms with Crippen LogP contribution in [0.25, 0.3) is 0 Å². The van der Waals surface area contributed by atoms with Gasteiger partial charge in [0.15, 0.2) is 0 Å². The molecule has 5 rings (SSSR count). The molecule has 8 heteroatoms. The van der Waals surface area contributed by atoms with Crippen LogP contribution in [-0.2, 0) is 28.7 Å². The van der Waals surface area contributed by atoms with E-state index in [4.69, 9.17) is 9.47 Å². The second-order valence-corrected chi connectivity index (χ2v) is 20.9. The molecule has 0 aromatic heterocycles. The summed E-state index contributed by atoms with van der Waals surface area (Å²) in [5.74, 6) is 0.241. The Bertz CT molecular complexity index is 1430. The van der Waals surface area contributed by atoms with E-state index in [1.54, 1.807) is 0 Å². The van der Waals surface area contributed by atoms with Crippen molar-refractivity contribution in [1.82, 2.24) is 5.32 Å². The monoisotopic (exact) mass is 712 g/mol. The lowest BCUT2D eigenvalue weighted by molar-refractivity contribution is -0.249. The molecule has 0 aliphatic heterocycles. The fraction of sp³-hybridized carbons (Fsp3) is 0.860. The molecule has 1 amide bonds. The summed E-state index contributed by atoms with van der Waals surface area (Å²) in [6, 6.07) is 0. The van der Waals surface area contributed by atoms with Crippen molar-refractivity contribution in [1.29, 1.82) is 0 Å². The number of carbonyl (C=O) groups excluding carboxylic acids is 3. The minimum absolute atomic E-state index is 0.0214. The molecule has 5 aliphatic carbocycles. The number of aliphatic carboxylic acids is 1. The van der Waals surface area contributed by atoms with Crippen LogP contribution in [0.4, 0.5) is 0 Å². The van der Waals surface area contributed by atoms with Gasteiger partial charge in [-0.15, -0.1) is 0 Å².